The fourth-order valence-electron chi connectivity index (χ4n) is 2.92. The Balaban J connectivity index is 2.15. The summed E-state index contributed by atoms with van der Waals surface area (Å²) in [5.74, 6) is -0.186. The quantitative estimate of drug-likeness (QED) is 0.657. The lowest BCUT2D eigenvalue weighted by Gasteiger charge is -2.10. The van der Waals surface area contributed by atoms with Crippen molar-refractivity contribution in [2.75, 3.05) is 0 Å². The molecule has 3 rings (SSSR count). The molecule has 0 radical (unpaired) electrons. The molecule has 0 atom stereocenters. The molecule has 0 aliphatic heterocycles. The van der Waals surface area contributed by atoms with Gasteiger partial charge in [-0.25, -0.2) is 9.37 Å². The topological polar surface area (TPSA) is 34.9 Å². The molecular weight excluding hydrogens is 315 g/mol. The van der Waals surface area contributed by atoms with E-state index in [0.29, 0.717) is 34.0 Å². The molecule has 23 heavy (non-hydrogen) atoms. The van der Waals surface area contributed by atoms with Gasteiger partial charge in [0.2, 0.25) is 5.28 Å². The lowest BCUT2D eigenvalue weighted by molar-refractivity contribution is 0.112. The molecule has 1 heterocycles. The van der Waals surface area contributed by atoms with Crippen molar-refractivity contribution in [2.24, 2.45) is 0 Å². The lowest BCUT2D eigenvalue weighted by Crippen LogP contribution is -2.02. The molecule has 0 bridgehead atoms. The van der Waals surface area contributed by atoms with Crippen molar-refractivity contribution in [2.45, 2.75) is 27.3 Å². The van der Waals surface area contributed by atoms with Gasteiger partial charge in [-0.15, -0.1) is 0 Å². The summed E-state index contributed by atoms with van der Waals surface area (Å²) in [5.41, 5.74) is 5.02. The van der Waals surface area contributed by atoms with Crippen molar-refractivity contribution in [1.29, 1.82) is 0 Å². The second-order valence-corrected chi connectivity index (χ2v) is 6.19. The van der Waals surface area contributed by atoms with Crippen molar-refractivity contribution in [3.63, 3.8) is 0 Å². The molecule has 0 aliphatic carbocycles. The second-order valence-electron chi connectivity index (χ2n) is 5.85. The number of aryl methyl sites for hydroxylation is 3. The fourth-order valence-corrected chi connectivity index (χ4v) is 3.15. The van der Waals surface area contributed by atoms with Gasteiger partial charge in [0, 0.05) is 5.56 Å². The smallest absolute Gasteiger partial charge is 0.204 e. The summed E-state index contributed by atoms with van der Waals surface area (Å²) in [5, 5.41) is 0.313. The number of imidazole rings is 1. The highest BCUT2D eigenvalue weighted by Crippen LogP contribution is 2.26. The zero-order valence-electron chi connectivity index (χ0n) is 13.2. The van der Waals surface area contributed by atoms with Gasteiger partial charge in [-0.1, -0.05) is 12.1 Å². The van der Waals surface area contributed by atoms with E-state index in [1.165, 1.54) is 0 Å². The van der Waals surface area contributed by atoms with Crippen LogP contribution in [-0.2, 0) is 6.54 Å². The first-order valence-electron chi connectivity index (χ1n) is 7.28. The summed E-state index contributed by atoms with van der Waals surface area (Å²) in [7, 11) is 0. The van der Waals surface area contributed by atoms with Crippen LogP contribution in [0.15, 0.2) is 24.3 Å². The van der Waals surface area contributed by atoms with Crippen molar-refractivity contribution in [3.8, 4) is 0 Å². The minimum Gasteiger partial charge on any atom is -0.310 e. The zero-order chi connectivity index (χ0) is 16.7. The number of rotatable bonds is 3. The van der Waals surface area contributed by atoms with Gasteiger partial charge in [-0.05, 0) is 66.8 Å². The van der Waals surface area contributed by atoms with Gasteiger partial charge in [0.25, 0.3) is 0 Å². The monoisotopic (exact) mass is 330 g/mol. The third-order valence-electron chi connectivity index (χ3n) is 3.95. The van der Waals surface area contributed by atoms with E-state index in [9.17, 15) is 9.18 Å². The second kappa shape index (κ2) is 5.78. The van der Waals surface area contributed by atoms with E-state index in [1.54, 1.807) is 32.0 Å². The van der Waals surface area contributed by atoms with E-state index in [-0.39, 0.29) is 5.82 Å². The predicted molar refractivity (Wildman–Crippen MR) is 89.8 cm³/mol. The number of hydrogen-bond donors (Lipinski definition) is 0. The molecule has 2 aromatic carbocycles. The number of carbonyl (C=O) groups is 1. The van der Waals surface area contributed by atoms with Crippen LogP contribution in [0, 0.1) is 26.6 Å². The summed E-state index contributed by atoms with van der Waals surface area (Å²) in [6.45, 7) is 5.88. The van der Waals surface area contributed by atoms with Crippen LogP contribution in [-0.4, -0.2) is 15.8 Å². The highest BCUT2D eigenvalue weighted by molar-refractivity contribution is 6.29. The molecule has 5 heteroatoms. The van der Waals surface area contributed by atoms with Crippen molar-refractivity contribution in [1.82, 2.24) is 9.55 Å². The Morgan fingerprint density at radius 3 is 2.43 bits per heavy atom. The maximum Gasteiger partial charge on any atom is 0.204 e. The van der Waals surface area contributed by atoms with Crippen LogP contribution in [0.25, 0.3) is 11.0 Å². The first-order valence-corrected chi connectivity index (χ1v) is 7.65. The SMILES string of the molecule is Cc1cc(C=O)c2nc(Cl)n(Cc3cc(C)c(F)c(C)c3)c2c1. The first kappa shape index (κ1) is 15.7. The van der Waals surface area contributed by atoms with E-state index in [2.05, 4.69) is 4.98 Å². The number of benzene rings is 2. The average Bonchev–Trinajstić information content (AvgIpc) is 2.80. The van der Waals surface area contributed by atoms with Gasteiger partial charge in [0.05, 0.1) is 12.1 Å². The number of nitrogens with zero attached hydrogens (tertiary/aromatic N) is 2. The number of fused-ring (bicyclic) bond motifs is 1. The molecule has 0 fully saturated rings. The fraction of sp³-hybridized carbons (Fsp3) is 0.222. The minimum atomic E-state index is -0.186. The summed E-state index contributed by atoms with van der Waals surface area (Å²) in [6.07, 6.45) is 0.787. The molecule has 0 saturated carbocycles. The third kappa shape index (κ3) is 2.75. The van der Waals surface area contributed by atoms with E-state index in [0.717, 1.165) is 22.9 Å². The number of halogens is 2. The Bertz CT molecular complexity index is 907. The largest absolute Gasteiger partial charge is 0.310 e. The van der Waals surface area contributed by atoms with Gasteiger partial charge in [-0.2, -0.15) is 0 Å². The van der Waals surface area contributed by atoms with Gasteiger partial charge in [0.15, 0.2) is 6.29 Å². The standard InChI is InChI=1S/C18H16ClFN2O/c1-10-4-14(9-23)17-15(5-10)22(18(19)21-17)8-13-6-11(2)16(20)12(3)7-13/h4-7,9H,8H2,1-3H3. The Hall–Kier alpha value is -2.20. The van der Waals surface area contributed by atoms with Crippen molar-refractivity contribution < 1.29 is 9.18 Å². The predicted octanol–water partition coefficient (Wildman–Crippen LogP) is 4.61. The third-order valence-corrected chi connectivity index (χ3v) is 4.23. The normalized spacial score (nSPS) is 11.2. The Labute approximate surface area is 138 Å². The van der Waals surface area contributed by atoms with Gasteiger partial charge in [0.1, 0.15) is 11.3 Å². The summed E-state index contributed by atoms with van der Waals surface area (Å²) in [6, 6.07) is 7.35. The highest BCUT2D eigenvalue weighted by Gasteiger charge is 2.14. The van der Waals surface area contributed by atoms with Crippen LogP contribution in [0.5, 0.6) is 0 Å². The molecule has 3 nitrogen and oxygen atoms in total. The molecule has 0 spiro atoms. The molecule has 0 saturated heterocycles. The molecule has 3 aromatic rings. The Morgan fingerprint density at radius 2 is 1.83 bits per heavy atom. The van der Waals surface area contributed by atoms with Gasteiger partial charge >= 0.3 is 0 Å². The van der Waals surface area contributed by atoms with E-state index >= 15 is 0 Å². The first-order chi connectivity index (χ1) is 10.9. The molecule has 0 amide bonds. The van der Waals surface area contributed by atoms with Crippen LogP contribution in [0.1, 0.15) is 32.6 Å². The van der Waals surface area contributed by atoms with Crippen LogP contribution in [0.4, 0.5) is 4.39 Å². The highest BCUT2D eigenvalue weighted by atomic mass is 35.5. The molecule has 1 aromatic heterocycles. The number of hydrogen-bond acceptors (Lipinski definition) is 2. The van der Waals surface area contributed by atoms with Crippen molar-refractivity contribution in [3.05, 3.63) is 63.2 Å². The summed E-state index contributed by atoms with van der Waals surface area (Å²) in [4.78, 5) is 15.6. The van der Waals surface area contributed by atoms with E-state index in [4.69, 9.17) is 11.6 Å². The van der Waals surface area contributed by atoms with E-state index < -0.39 is 0 Å². The van der Waals surface area contributed by atoms with Gasteiger partial charge in [-0.3, -0.25) is 4.79 Å². The molecule has 0 N–H and O–H groups in total. The van der Waals surface area contributed by atoms with Crippen LogP contribution >= 0.6 is 11.6 Å². The van der Waals surface area contributed by atoms with Crippen molar-refractivity contribution >= 4 is 28.9 Å². The summed E-state index contributed by atoms with van der Waals surface area (Å²) >= 11 is 6.27. The molecule has 0 unspecified atom stereocenters. The molecule has 118 valence electrons. The van der Waals surface area contributed by atoms with Crippen LogP contribution < -0.4 is 0 Å². The van der Waals surface area contributed by atoms with E-state index in [1.807, 2.05) is 17.6 Å². The molecular formula is C18H16ClFN2O. The van der Waals surface area contributed by atoms with Crippen LogP contribution in [0.3, 0.4) is 0 Å². The number of carbonyl (C=O) groups excluding carboxylic acids is 1. The van der Waals surface area contributed by atoms with Crippen LogP contribution in [0.2, 0.25) is 5.28 Å². The number of aldehydes is 1. The Morgan fingerprint density at radius 1 is 1.17 bits per heavy atom. The Kier molecular flexibility index (Phi) is 3.94. The number of aromatic nitrogens is 2. The summed E-state index contributed by atoms with van der Waals surface area (Å²) < 4.78 is 15.6. The average molecular weight is 331 g/mol. The lowest BCUT2D eigenvalue weighted by atomic mass is 10.1. The zero-order valence-corrected chi connectivity index (χ0v) is 13.9. The molecule has 0 aliphatic rings. The van der Waals surface area contributed by atoms with Gasteiger partial charge < -0.3 is 4.57 Å². The minimum absolute atomic E-state index is 0.186. The maximum absolute atomic E-state index is 13.8. The maximum atomic E-state index is 13.8.